The van der Waals surface area contributed by atoms with E-state index in [1.54, 1.807) is 6.92 Å². The number of aryl methyl sites for hydroxylation is 1. The summed E-state index contributed by atoms with van der Waals surface area (Å²) in [5, 5.41) is 6.66. The highest BCUT2D eigenvalue weighted by Crippen LogP contribution is 2.10. The van der Waals surface area contributed by atoms with Crippen LogP contribution in [0.5, 0.6) is 0 Å². The van der Waals surface area contributed by atoms with Gasteiger partial charge in [-0.3, -0.25) is 4.79 Å². The lowest BCUT2D eigenvalue weighted by molar-refractivity contribution is 0.0957. The molecule has 0 saturated carbocycles. The zero-order valence-corrected chi connectivity index (χ0v) is 9.65. The lowest BCUT2D eigenvalue weighted by atomic mass is 10.3. The molecule has 0 unspecified atom stereocenters. The van der Waals surface area contributed by atoms with Gasteiger partial charge in [0.25, 0.3) is 5.91 Å². The molecule has 1 N–H and O–H groups in total. The van der Waals surface area contributed by atoms with Crippen LogP contribution in [0.15, 0.2) is 0 Å². The van der Waals surface area contributed by atoms with Crippen LogP contribution >= 0.6 is 11.5 Å². The van der Waals surface area contributed by atoms with Crippen LogP contribution in [-0.2, 0) is 6.42 Å². The Hall–Kier alpha value is -1.41. The number of nitrogens with one attached hydrogen (secondary N) is 1. The van der Waals surface area contributed by atoms with E-state index in [1.807, 2.05) is 6.92 Å². The lowest BCUT2D eigenvalue weighted by Crippen LogP contribution is -2.24. The first-order chi connectivity index (χ1) is 7.29. The van der Waals surface area contributed by atoms with Crippen LogP contribution in [0.2, 0.25) is 0 Å². The molecule has 0 aliphatic heterocycles. The van der Waals surface area contributed by atoms with Gasteiger partial charge in [-0.1, -0.05) is 11.4 Å². The molecular weight excluding hydrogens is 210 g/mol. The number of amides is 1. The van der Waals surface area contributed by atoms with Crippen molar-refractivity contribution < 1.29 is 4.79 Å². The molecule has 15 heavy (non-hydrogen) atoms. The van der Waals surface area contributed by atoms with E-state index in [2.05, 4.69) is 26.7 Å². The van der Waals surface area contributed by atoms with Gasteiger partial charge in [0.1, 0.15) is 4.88 Å². The van der Waals surface area contributed by atoms with Gasteiger partial charge >= 0.3 is 0 Å². The molecular formula is C10H13N3OS. The highest BCUT2D eigenvalue weighted by Gasteiger charge is 2.13. The monoisotopic (exact) mass is 223 g/mol. The third kappa shape index (κ3) is 3.33. The van der Waals surface area contributed by atoms with Gasteiger partial charge < -0.3 is 5.32 Å². The maximum Gasteiger partial charge on any atom is 0.264 e. The molecule has 1 heterocycles. The topological polar surface area (TPSA) is 54.9 Å². The van der Waals surface area contributed by atoms with E-state index < -0.39 is 0 Å². The number of hydrogen-bond donors (Lipinski definition) is 1. The third-order valence-corrected chi connectivity index (χ3v) is 2.58. The van der Waals surface area contributed by atoms with Crippen molar-refractivity contribution in [3.05, 3.63) is 10.6 Å². The zero-order chi connectivity index (χ0) is 11.1. The lowest BCUT2D eigenvalue weighted by Gasteiger charge is -2.00. The summed E-state index contributed by atoms with van der Waals surface area (Å²) in [5.41, 5.74) is 0.763. The molecule has 0 radical (unpaired) electrons. The van der Waals surface area contributed by atoms with E-state index in [1.165, 1.54) is 0 Å². The van der Waals surface area contributed by atoms with Crippen LogP contribution in [0, 0.1) is 11.8 Å². The predicted molar refractivity (Wildman–Crippen MR) is 59.7 cm³/mol. The predicted octanol–water partition coefficient (Wildman–Crippen LogP) is 1.24. The van der Waals surface area contributed by atoms with Crippen LogP contribution in [0.1, 0.15) is 35.6 Å². The molecule has 1 aromatic heterocycles. The Balaban J connectivity index is 2.49. The molecule has 0 aliphatic rings. The molecule has 0 aliphatic carbocycles. The van der Waals surface area contributed by atoms with Gasteiger partial charge in [0.2, 0.25) is 0 Å². The smallest absolute Gasteiger partial charge is 0.264 e. The number of carbonyl (C=O) groups is 1. The molecule has 5 heteroatoms. The molecule has 0 saturated heterocycles. The molecule has 1 rings (SSSR count). The van der Waals surface area contributed by atoms with E-state index >= 15 is 0 Å². The van der Waals surface area contributed by atoms with Crippen molar-refractivity contribution in [2.45, 2.75) is 26.7 Å². The van der Waals surface area contributed by atoms with Crippen molar-refractivity contribution in [1.82, 2.24) is 14.9 Å². The van der Waals surface area contributed by atoms with Crippen LogP contribution in [0.3, 0.4) is 0 Å². The minimum absolute atomic E-state index is 0.0975. The Morgan fingerprint density at radius 3 is 3.07 bits per heavy atom. The summed E-state index contributed by atoms with van der Waals surface area (Å²) >= 11 is 1.14. The average molecular weight is 223 g/mol. The Morgan fingerprint density at radius 1 is 1.60 bits per heavy atom. The summed E-state index contributed by atoms with van der Waals surface area (Å²) in [7, 11) is 0. The highest BCUT2D eigenvalue weighted by molar-refractivity contribution is 7.08. The molecule has 4 nitrogen and oxygen atoms in total. The van der Waals surface area contributed by atoms with Crippen molar-refractivity contribution in [3.63, 3.8) is 0 Å². The van der Waals surface area contributed by atoms with Gasteiger partial charge in [0, 0.05) is 13.0 Å². The highest BCUT2D eigenvalue weighted by atomic mass is 32.1. The number of hydrogen-bond acceptors (Lipinski definition) is 4. The summed E-state index contributed by atoms with van der Waals surface area (Å²) in [5.74, 6) is 5.56. The summed E-state index contributed by atoms with van der Waals surface area (Å²) in [4.78, 5) is 12.2. The Bertz CT molecular complexity index is 389. The molecule has 1 amide bonds. The number of nitrogens with zero attached hydrogens (tertiary/aromatic N) is 2. The molecule has 0 spiro atoms. The van der Waals surface area contributed by atoms with Gasteiger partial charge in [-0.05, 0) is 24.9 Å². The minimum Gasteiger partial charge on any atom is -0.350 e. The first-order valence-electron chi connectivity index (χ1n) is 4.78. The van der Waals surface area contributed by atoms with E-state index in [0.717, 1.165) is 23.6 Å². The van der Waals surface area contributed by atoms with Crippen LogP contribution in [0.4, 0.5) is 0 Å². The first-order valence-corrected chi connectivity index (χ1v) is 5.56. The summed E-state index contributed by atoms with van der Waals surface area (Å²) < 4.78 is 3.76. The van der Waals surface area contributed by atoms with Gasteiger partial charge in [0.05, 0.1) is 5.69 Å². The van der Waals surface area contributed by atoms with E-state index in [-0.39, 0.29) is 5.91 Å². The summed E-state index contributed by atoms with van der Waals surface area (Å²) in [6, 6.07) is 0. The van der Waals surface area contributed by atoms with Crippen LogP contribution in [-0.4, -0.2) is 22.0 Å². The Labute approximate surface area is 93.3 Å². The second-order valence-electron chi connectivity index (χ2n) is 2.83. The number of aromatic nitrogens is 2. The van der Waals surface area contributed by atoms with Crippen molar-refractivity contribution >= 4 is 17.4 Å². The molecule has 0 atom stereocenters. The van der Waals surface area contributed by atoms with Crippen molar-refractivity contribution in [2.75, 3.05) is 6.54 Å². The zero-order valence-electron chi connectivity index (χ0n) is 8.83. The minimum atomic E-state index is -0.0975. The fourth-order valence-corrected chi connectivity index (χ4v) is 1.72. The maximum atomic E-state index is 11.6. The fraction of sp³-hybridized carbons (Fsp3) is 0.500. The second kappa shape index (κ2) is 6.14. The molecule has 0 aromatic carbocycles. The largest absolute Gasteiger partial charge is 0.350 e. The Kier molecular flexibility index (Phi) is 4.78. The second-order valence-corrected chi connectivity index (χ2v) is 3.59. The van der Waals surface area contributed by atoms with Crippen LogP contribution < -0.4 is 5.32 Å². The standard InChI is InChI=1S/C10H13N3OS/c1-3-5-6-7-11-10(14)9-8(4-2)12-13-15-9/h4,6-7H2,1-2H3,(H,11,14). The first kappa shape index (κ1) is 11.7. The van der Waals surface area contributed by atoms with Gasteiger partial charge in [0.15, 0.2) is 0 Å². The SMILES string of the molecule is CC#CCCNC(=O)c1snnc1CC. The van der Waals surface area contributed by atoms with Gasteiger partial charge in [-0.25, -0.2) is 0 Å². The molecule has 0 fully saturated rings. The molecule has 1 aromatic rings. The normalized spacial score (nSPS) is 9.20. The number of carbonyl (C=O) groups excluding carboxylic acids is 1. The summed E-state index contributed by atoms with van der Waals surface area (Å²) in [6.07, 6.45) is 1.41. The van der Waals surface area contributed by atoms with E-state index in [4.69, 9.17) is 0 Å². The van der Waals surface area contributed by atoms with Gasteiger partial charge in [-0.15, -0.1) is 16.9 Å². The maximum absolute atomic E-state index is 11.6. The Morgan fingerprint density at radius 2 is 2.40 bits per heavy atom. The number of rotatable bonds is 4. The van der Waals surface area contributed by atoms with Gasteiger partial charge in [-0.2, -0.15) is 0 Å². The average Bonchev–Trinajstić information content (AvgIpc) is 2.72. The van der Waals surface area contributed by atoms with E-state index in [9.17, 15) is 4.79 Å². The van der Waals surface area contributed by atoms with Crippen molar-refractivity contribution in [2.24, 2.45) is 0 Å². The molecule has 0 bridgehead atoms. The quantitative estimate of drug-likeness (QED) is 0.617. The molecule has 80 valence electrons. The van der Waals surface area contributed by atoms with Crippen LogP contribution in [0.25, 0.3) is 0 Å². The third-order valence-electron chi connectivity index (χ3n) is 1.81. The van der Waals surface area contributed by atoms with E-state index in [0.29, 0.717) is 17.8 Å². The fourth-order valence-electron chi connectivity index (χ4n) is 1.06. The van der Waals surface area contributed by atoms with Crippen molar-refractivity contribution in [1.29, 1.82) is 0 Å². The summed E-state index contributed by atoms with van der Waals surface area (Å²) in [6.45, 7) is 4.31. The van der Waals surface area contributed by atoms with Crippen molar-refractivity contribution in [3.8, 4) is 11.8 Å².